The number of hydrogen-bond donors (Lipinski definition) is 3. The van der Waals surface area contributed by atoms with Crippen LogP contribution in [0.1, 0.15) is 35.9 Å². The second kappa shape index (κ2) is 7.75. The van der Waals surface area contributed by atoms with E-state index < -0.39 is 35.5 Å². The van der Waals surface area contributed by atoms with Gasteiger partial charge in [0.2, 0.25) is 17.6 Å². The van der Waals surface area contributed by atoms with E-state index in [1.165, 1.54) is 31.4 Å². The number of benzene rings is 2. The number of carbonyl (C=O) groups excluding carboxylic acids is 2. The first-order valence-electron chi connectivity index (χ1n) is 8.75. The highest BCUT2D eigenvalue weighted by Crippen LogP contribution is 2.50. The Bertz CT molecular complexity index is 991. The maximum absolute atomic E-state index is 13.2. The largest absolute Gasteiger partial charge is 0.508 e. The molecule has 1 aliphatic rings. The van der Waals surface area contributed by atoms with Crippen LogP contribution in [-0.4, -0.2) is 40.3 Å². The number of esters is 1. The number of hydrogen-bond acceptors (Lipinski definition) is 8. The smallest absolute Gasteiger partial charge is 0.334 e. The Morgan fingerprint density at radius 2 is 1.79 bits per heavy atom. The predicted octanol–water partition coefficient (Wildman–Crippen LogP) is 3.01. The molecule has 0 radical (unpaired) electrons. The zero-order valence-corrected chi connectivity index (χ0v) is 16.0. The molecule has 0 saturated heterocycles. The third-order valence-corrected chi connectivity index (χ3v) is 4.63. The molecule has 0 fully saturated rings. The molecule has 29 heavy (non-hydrogen) atoms. The molecule has 8 heteroatoms. The van der Waals surface area contributed by atoms with Gasteiger partial charge in [0.25, 0.3) is 0 Å². The number of Topliss-reactive ketones (excluding diaryl/α,β-unsaturated/α-hetero) is 1. The minimum atomic E-state index is -1.41. The monoisotopic (exact) mass is 400 g/mol. The quantitative estimate of drug-likeness (QED) is 0.529. The van der Waals surface area contributed by atoms with Crippen LogP contribution in [-0.2, 0) is 9.53 Å². The summed E-state index contributed by atoms with van der Waals surface area (Å²) in [6, 6.07) is 6.77. The average molecular weight is 400 g/mol. The van der Waals surface area contributed by atoms with E-state index in [0.717, 1.165) is 6.07 Å². The van der Waals surface area contributed by atoms with Crippen molar-refractivity contribution in [2.75, 3.05) is 7.11 Å². The molecule has 0 saturated carbocycles. The van der Waals surface area contributed by atoms with E-state index in [1.54, 1.807) is 19.9 Å². The molecule has 2 unspecified atom stereocenters. The van der Waals surface area contributed by atoms with Crippen molar-refractivity contribution in [1.29, 1.82) is 0 Å². The topological polar surface area (TPSA) is 123 Å². The molecule has 1 aliphatic heterocycles. The Morgan fingerprint density at radius 3 is 2.38 bits per heavy atom. The number of aromatic hydroxyl groups is 3. The Hall–Kier alpha value is -3.68. The van der Waals surface area contributed by atoms with Gasteiger partial charge < -0.3 is 29.5 Å². The summed E-state index contributed by atoms with van der Waals surface area (Å²) in [6.45, 7) is 3.19. The fourth-order valence-corrected chi connectivity index (χ4v) is 2.98. The van der Waals surface area contributed by atoms with Gasteiger partial charge in [0, 0.05) is 11.6 Å². The number of fused-ring (bicyclic) bond motifs is 1. The SMILES string of the molecule is CC=C(C)C(=O)OC1C(=O)c2c(O)cc(O)c(OC)c2OC1c1ccc(O)cc1. The van der Waals surface area contributed by atoms with E-state index in [0.29, 0.717) is 11.1 Å². The number of ketones is 1. The molecule has 152 valence electrons. The summed E-state index contributed by atoms with van der Waals surface area (Å²) in [7, 11) is 1.28. The molecule has 2 atom stereocenters. The molecule has 2 aromatic carbocycles. The summed E-state index contributed by atoms with van der Waals surface area (Å²) < 4.78 is 16.4. The maximum atomic E-state index is 13.2. The molecule has 0 aliphatic carbocycles. The van der Waals surface area contributed by atoms with Gasteiger partial charge in [-0.15, -0.1) is 0 Å². The predicted molar refractivity (Wildman–Crippen MR) is 101 cm³/mol. The number of rotatable bonds is 4. The molecule has 2 aromatic rings. The number of carbonyl (C=O) groups is 2. The van der Waals surface area contributed by atoms with Crippen LogP contribution < -0.4 is 9.47 Å². The Morgan fingerprint density at radius 1 is 1.14 bits per heavy atom. The standard InChI is InChI=1S/C21H20O8/c1-4-10(2)21(26)29-20-16(25)15-13(23)9-14(24)18(27-3)19(15)28-17(20)11-5-7-12(22)8-6-11/h4-9,17,20,22-24H,1-3H3. The van der Waals surface area contributed by atoms with Crippen molar-refractivity contribution in [2.24, 2.45) is 0 Å². The zero-order chi connectivity index (χ0) is 21.3. The lowest BCUT2D eigenvalue weighted by Crippen LogP contribution is -2.40. The number of methoxy groups -OCH3 is 1. The highest BCUT2D eigenvalue weighted by atomic mass is 16.6. The summed E-state index contributed by atoms with van der Waals surface area (Å²) in [4.78, 5) is 25.5. The molecule has 3 rings (SSSR count). The minimum Gasteiger partial charge on any atom is -0.508 e. The van der Waals surface area contributed by atoms with Crippen molar-refractivity contribution < 1.29 is 39.1 Å². The number of allylic oxidation sites excluding steroid dienone is 1. The average Bonchev–Trinajstić information content (AvgIpc) is 2.69. The van der Waals surface area contributed by atoms with E-state index in [-0.39, 0.29) is 22.8 Å². The number of phenolic OH excluding ortho intramolecular Hbond substituents is 3. The fourth-order valence-electron chi connectivity index (χ4n) is 2.98. The maximum Gasteiger partial charge on any atom is 0.334 e. The summed E-state index contributed by atoms with van der Waals surface area (Å²) in [5.74, 6) is -2.67. The van der Waals surface area contributed by atoms with Crippen LogP contribution in [0, 0.1) is 0 Å². The molecule has 8 nitrogen and oxygen atoms in total. The van der Waals surface area contributed by atoms with Crippen LogP contribution in [0.25, 0.3) is 0 Å². The molecule has 0 aromatic heterocycles. The first-order valence-corrected chi connectivity index (χ1v) is 8.75. The summed E-state index contributed by atoms with van der Waals surface area (Å²) in [6.07, 6.45) is -0.965. The zero-order valence-electron chi connectivity index (χ0n) is 16.0. The fraction of sp³-hybridized carbons (Fsp3) is 0.238. The van der Waals surface area contributed by atoms with Gasteiger partial charge in [-0.2, -0.15) is 0 Å². The Balaban J connectivity index is 2.16. The van der Waals surface area contributed by atoms with E-state index in [9.17, 15) is 24.9 Å². The van der Waals surface area contributed by atoms with Crippen molar-refractivity contribution in [3.05, 3.63) is 53.1 Å². The van der Waals surface area contributed by atoms with Crippen LogP contribution in [0.3, 0.4) is 0 Å². The van der Waals surface area contributed by atoms with Crippen molar-refractivity contribution >= 4 is 11.8 Å². The molecule has 1 heterocycles. The van der Waals surface area contributed by atoms with Gasteiger partial charge in [0.15, 0.2) is 17.6 Å². The molecule has 0 bridgehead atoms. The van der Waals surface area contributed by atoms with E-state index in [2.05, 4.69) is 0 Å². The van der Waals surface area contributed by atoms with Crippen molar-refractivity contribution in [3.63, 3.8) is 0 Å². The van der Waals surface area contributed by atoms with Gasteiger partial charge in [0.1, 0.15) is 17.1 Å². The van der Waals surface area contributed by atoms with Gasteiger partial charge in [-0.05, 0) is 31.5 Å². The molecule has 0 amide bonds. The molecule has 0 spiro atoms. The van der Waals surface area contributed by atoms with Gasteiger partial charge in [0.05, 0.1) is 7.11 Å². The lowest BCUT2D eigenvalue weighted by atomic mass is 9.92. The van der Waals surface area contributed by atoms with Gasteiger partial charge >= 0.3 is 5.97 Å². The van der Waals surface area contributed by atoms with E-state index >= 15 is 0 Å². The van der Waals surface area contributed by atoms with Crippen molar-refractivity contribution in [3.8, 4) is 28.7 Å². The van der Waals surface area contributed by atoms with Crippen LogP contribution in [0.2, 0.25) is 0 Å². The second-order valence-corrected chi connectivity index (χ2v) is 6.44. The first-order chi connectivity index (χ1) is 13.8. The van der Waals surface area contributed by atoms with Gasteiger partial charge in [-0.25, -0.2) is 4.79 Å². The molecular weight excluding hydrogens is 380 g/mol. The van der Waals surface area contributed by atoms with Gasteiger partial charge in [-0.1, -0.05) is 18.2 Å². The van der Waals surface area contributed by atoms with Crippen molar-refractivity contribution in [1.82, 2.24) is 0 Å². The van der Waals surface area contributed by atoms with Crippen LogP contribution in [0.4, 0.5) is 0 Å². The third-order valence-electron chi connectivity index (χ3n) is 4.63. The number of phenols is 3. The molecule has 3 N–H and O–H groups in total. The van der Waals surface area contributed by atoms with Crippen LogP contribution in [0.5, 0.6) is 28.7 Å². The highest BCUT2D eigenvalue weighted by molar-refractivity contribution is 6.08. The summed E-state index contributed by atoms with van der Waals surface area (Å²) >= 11 is 0. The summed E-state index contributed by atoms with van der Waals surface area (Å²) in [5, 5.41) is 29.8. The lowest BCUT2D eigenvalue weighted by Gasteiger charge is -2.33. The lowest BCUT2D eigenvalue weighted by molar-refractivity contribution is -0.146. The normalized spacial score (nSPS) is 18.6. The Kier molecular flexibility index (Phi) is 5.36. The van der Waals surface area contributed by atoms with E-state index in [1.807, 2.05) is 0 Å². The van der Waals surface area contributed by atoms with Crippen LogP contribution in [0.15, 0.2) is 42.0 Å². The second-order valence-electron chi connectivity index (χ2n) is 6.44. The minimum absolute atomic E-state index is 0.00228. The number of ether oxygens (including phenoxy) is 3. The van der Waals surface area contributed by atoms with Crippen molar-refractivity contribution in [2.45, 2.75) is 26.1 Å². The third kappa shape index (κ3) is 3.56. The van der Waals surface area contributed by atoms with Crippen LogP contribution >= 0.6 is 0 Å². The Labute approximate surface area is 166 Å². The first kappa shape index (κ1) is 20.1. The molecular formula is C21H20O8. The summed E-state index contributed by atoms with van der Waals surface area (Å²) in [5.41, 5.74) is 0.466. The highest BCUT2D eigenvalue weighted by Gasteiger charge is 2.44. The van der Waals surface area contributed by atoms with Gasteiger partial charge in [-0.3, -0.25) is 4.79 Å². The van der Waals surface area contributed by atoms with E-state index in [4.69, 9.17) is 14.2 Å².